The molecule has 0 aromatic rings. The zero-order valence-electron chi connectivity index (χ0n) is 13.0. The molecule has 0 amide bonds. The van der Waals surface area contributed by atoms with Crippen LogP contribution >= 0.6 is 0 Å². The van der Waals surface area contributed by atoms with Crippen molar-refractivity contribution in [1.29, 1.82) is 0 Å². The van der Waals surface area contributed by atoms with Crippen LogP contribution in [0.5, 0.6) is 0 Å². The molecule has 2 unspecified atom stereocenters. The van der Waals surface area contributed by atoms with Crippen molar-refractivity contribution in [2.24, 2.45) is 0 Å². The van der Waals surface area contributed by atoms with Crippen LogP contribution in [0.2, 0.25) is 0 Å². The summed E-state index contributed by atoms with van der Waals surface area (Å²) < 4.78 is 0. The Hall–Kier alpha value is -0.120. The van der Waals surface area contributed by atoms with Gasteiger partial charge in [0.25, 0.3) is 0 Å². The molecule has 110 valence electrons. The van der Waals surface area contributed by atoms with E-state index in [0.29, 0.717) is 5.54 Å². The molecule has 3 nitrogen and oxygen atoms in total. The van der Waals surface area contributed by atoms with Crippen molar-refractivity contribution in [3.05, 3.63) is 0 Å². The summed E-state index contributed by atoms with van der Waals surface area (Å²) in [6, 6.07) is 2.42. The first kappa shape index (κ1) is 13.8. The smallest absolute Gasteiger partial charge is 0.0250 e. The summed E-state index contributed by atoms with van der Waals surface area (Å²) in [5, 5.41) is 3.99. The Morgan fingerprint density at radius 3 is 2.32 bits per heavy atom. The average molecular weight is 265 g/mol. The van der Waals surface area contributed by atoms with E-state index in [4.69, 9.17) is 0 Å². The molecule has 0 aromatic carbocycles. The van der Waals surface area contributed by atoms with E-state index in [1.54, 1.807) is 0 Å². The lowest BCUT2D eigenvalue weighted by molar-refractivity contribution is 0.0925. The molecule has 1 N–H and O–H groups in total. The van der Waals surface area contributed by atoms with Crippen LogP contribution in [0, 0.1) is 0 Å². The van der Waals surface area contributed by atoms with E-state index in [1.165, 1.54) is 58.3 Å². The van der Waals surface area contributed by atoms with Gasteiger partial charge in [-0.05, 0) is 59.4 Å². The molecule has 0 aliphatic carbocycles. The second-order valence-corrected chi connectivity index (χ2v) is 7.74. The number of likely N-dealkylation sites (tertiary alicyclic amines) is 1. The largest absolute Gasteiger partial charge is 0.310 e. The van der Waals surface area contributed by atoms with E-state index in [0.717, 1.165) is 18.1 Å². The lowest BCUT2D eigenvalue weighted by Crippen LogP contribution is -2.53. The number of hydrogen-bond acceptors (Lipinski definition) is 3. The van der Waals surface area contributed by atoms with Crippen LogP contribution in [0.25, 0.3) is 0 Å². The Morgan fingerprint density at radius 2 is 1.63 bits per heavy atom. The average Bonchev–Trinajstić information content (AvgIpc) is 2.94. The van der Waals surface area contributed by atoms with Crippen LogP contribution in [-0.4, -0.2) is 59.6 Å². The zero-order valence-corrected chi connectivity index (χ0v) is 13.0. The second kappa shape index (κ2) is 5.34. The normalized spacial score (nSPS) is 34.9. The number of piperidine rings is 1. The molecule has 3 heterocycles. The SMILES string of the molecule is CC(C)(C)N1CCC(NC2CCN3CCCC23)CC1. The third-order valence-corrected chi connectivity index (χ3v) is 5.50. The van der Waals surface area contributed by atoms with Gasteiger partial charge in [-0.25, -0.2) is 0 Å². The first-order chi connectivity index (χ1) is 9.04. The predicted octanol–water partition coefficient (Wildman–Crippen LogP) is 2.08. The molecule has 3 saturated heterocycles. The van der Waals surface area contributed by atoms with Crippen molar-refractivity contribution in [2.75, 3.05) is 26.2 Å². The Balaban J connectivity index is 1.47. The Labute approximate surface area is 118 Å². The summed E-state index contributed by atoms with van der Waals surface area (Å²) in [5.41, 5.74) is 0.348. The quantitative estimate of drug-likeness (QED) is 0.825. The summed E-state index contributed by atoms with van der Waals surface area (Å²) in [6.45, 7) is 12.2. The fourth-order valence-corrected chi connectivity index (χ4v) is 4.30. The molecular formula is C16H31N3. The van der Waals surface area contributed by atoms with Crippen molar-refractivity contribution < 1.29 is 0 Å². The zero-order chi connectivity index (χ0) is 13.5. The van der Waals surface area contributed by atoms with Crippen molar-refractivity contribution in [2.45, 2.75) is 76.5 Å². The summed E-state index contributed by atoms with van der Waals surface area (Å²) in [7, 11) is 0. The van der Waals surface area contributed by atoms with Crippen LogP contribution < -0.4 is 5.32 Å². The van der Waals surface area contributed by atoms with E-state index in [2.05, 4.69) is 35.9 Å². The van der Waals surface area contributed by atoms with Crippen molar-refractivity contribution in [3.8, 4) is 0 Å². The number of nitrogens with one attached hydrogen (secondary N) is 1. The molecule has 3 fully saturated rings. The van der Waals surface area contributed by atoms with Crippen LogP contribution in [0.4, 0.5) is 0 Å². The number of fused-ring (bicyclic) bond motifs is 1. The summed E-state index contributed by atoms with van der Waals surface area (Å²) >= 11 is 0. The van der Waals surface area contributed by atoms with E-state index < -0.39 is 0 Å². The number of hydrogen-bond donors (Lipinski definition) is 1. The Morgan fingerprint density at radius 1 is 0.895 bits per heavy atom. The molecule has 0 aromatic heterocycles. The van der Waals surface area contributed by atoms with Crippen LogP contribution in [0.15, 0.2) is 0 Å². The second-order valence-electron chi connectivity index (χ2n) is 7.74. The van der Waals surface area contributed by atoms with Crippen molar-refractivity contribution >= 4 is 0 Å². The van der Waals surface area contributed by atoms with Gasteiger partial charge in [0.1, 0.15) is 0 Å². The lowest BCUT2D eigenvalue weighted by Gasteiger charge is -2.42. The molecule has 0 bridgehead atoms. The van der Waals surface area contributed by atoms with E-state index in [1.807, 2.05) is 0 Å². The fraction of sp³-hybridized carbons (Fsp3) is 1.00. The van der Waals surface area contributed by atoms with Crippen molar-refractivity contribution in [3.63, 3.8) is 0 Å². The maximum atomic E-state index is 3.99. The Kier molecular flexibility index (Phi) is 3.89. The minimum atomic E-state index is 0.348. The Bertz CT molecular complexity index is 302. The van der Waals surface area contributed by atoms with E-state index in [-0.39, 0.29) is 0 Å². The third kappa shape index (κ3) is 2.98. The summed E-state index contributed by atoms with van der Waals surface area (Å²) in [4.78, 5) is 5.35. The first-order valence-corrected chi connectivity index (χ1v) is 8.29. The topological polar surface area (TPSA) is 18.5 Å². The first-order valence-electron chi connectivity index (χ1n) is 8.29. The molecule has 3 aliphatic rings. The summed E-state index contributed by atoms with van der Waals surface area (Å²) in [6.07, 6.45) is 6.90. The highest BCUT2D eigenvalue weighted by Crippen LogP contribution is 2.29. The molecule has 3 rings (SSSR count). The predicted molar refractivity (Wildman–Crippen MR) is 80.5 cm³/mol. The van der Waals surface area contributed by atoms with Crippen LogP contribution in [0.1, 0.15) is 52.9 Å². The molecule has 0 spiro atoms. The minimum absolute atomic E-state index is 0.348. The maximum Gasteiger partial charge on any atom is 0.0250 e. The standard InChI is InChI=1S/C16H31N3/c1-16(2,3)19-11-6-13(7-12-19)17-14-8-10-18-9-4-5-15(14)18/h13-15,17H,4-12H2,1-3H3. The van der Waals surface area contributed by atoms with E-state index >= 15 is 0 Å². The molecule has 3 aliphatic heterocycles. The highest BCUT2D eigenvalue weighted by atomic mass is 15.3. The van der Waals surface area contributed by atoms with Gasteiger partial charge in [-0.1, -0.05) is 0 Å². The highest BCUT2D eigenvalue weighted by molar-refractivity contribution is 4.97. The van der Waals surface area contributed by atoms with Gasteiger partial charge in [-0.3, -0.25) is 9.80 Å². The molecule has 19 heavy (non-hydrogen) atoms. The fourth-order valence-electron chi connectivity index (χ4n) is 4.30. The molecule has 2 atom stereocenters. The van der Waals surface area contributed by atoms with Gasteiger partial charge in [0, 0.05) is 43.3 Å². The monoisotopic (exact) mass is 265 g/mol. The molecule has 0 saturated carbocycles. The van der Waals surface area contributed by atoms with Gasteiger partial charge in [-0.15, -0.1) is 0 Å². The molecule has 3 heteroatoms. The van der Waals surface area contributed by atoms with Crippen molar-refractivity contribution in [1.82, 2.24) is 15.1 Å². The van der Waals surface area contributed by atoms with Gasteiger partial charge < -0.3 is 5.32 Å². The molecule has 0 radical (unpaired) electrons. The third-order valence-electron chi connectivity index (χ3n) is 5.50. The highest BCUT2D eigenvalue weighted by Gasteiger charge is 2.38. The van der Waals surface area contributed by atoms with Gasteiger partial charge in [0.2, 0.25) is 0 Å². The van der Waals surface area contributed by atoms with Crippen LogP contribution in [0.3, 0.4) is 0 Å². The van der Waals surface area contributed by atoms with Gasteiger partial charge in [0.15, 0.2) is 0 Å². The van der Waals surface area contributed by atoms with E-state index in [9.17, 15) is 0 Å². The van der Waals surface area contributed by atoms with Gasteiger partial charge in [0.05, 0.1) is 0 Å². The number of rotatable bonds is 2. The summed E-state index contributed by atoms with van der Waals surface area (Å²) in [5.74, 6) is 0. The minimum Gasteiger partial charge on any atom is -0.310 e. The lowest BCUT2D eigenvalue weighted by atomic mass is 9.96. The van der Waals surface area contributed by atoms with Gasteiger partial charge >= 0.3 is 0 Å². The maximum absolute atomic E-state index is 3.99. The molecular weight excluding hydrogens is 234 g/mol. The van der Waals surface area contributed by atoms with Crippen LogP contribution in [-0.2, 0) is 0 Å². The number of nitrogens with zero attached hydrogens (tertiary/aromatic N) is 2. The van der Waals surface area contributed by atoms with Gasteiger partial charge in [-0.2, -0.15) is 0 Å².